The molecule has 2 aliphatic heterocycles. The Balaban J connectivity index is 1.14. The smallest absolute Gasteiger partial charge is 0.254 e. The highest BCUT2D eigenvalue weighted by molar-refractivity contribution is 6.31. The quantitative estimate of drug-likeness (QED) is 0.496. The number of β-amino-alcohol motifs (C(OH)–C–C–N with tert-alkyl or cyclic N) is 1. The molecule has 10 nitrogen and oxygen atoms in total. The molecule has 3 aliphatic rings. The number of nitriles is 1. The standard InChI is InChI=1S/C29H38ClN7O3/c1-28(2)25(29(3,4)26(28)40-22-6-5-19(14-31)23(30)13-22)34-24(39)20-15-32-27(33-16-20)37-11-9-35(10-12-37)7-8-36-17-21(38)18-36/h5-6,13,15-16,21,25-26,38H,7-12,17-18H2,1-4H3,(H,34,39). The molecule has 1 aromatic carbocycles. The summed E-state index contributed by atoms with van der Waals surface area (Å²) in [6, 6.07) is 6.99. The number of anilines is 1. The van der Waals surface area contributed by atoms with E-state index < -0.39 is 0 Å². The predicted molar refractivity (Wildman–Crippen MR) is 153 cm³/mol. The van der Waals surface area contributed by atoms with Gasteiger partial charge in [0.25, 0.3) is 5.91 Å². The summed E-state index contributed by atoms with van der Waals surface area (Å²) >= 11 is 6.20. The molecule has 0 unspecified atom stereocenters. The third-order valence-corrected chi connectivity index (χ3v) is 8.97. The number of hydrogen-bond donors (Lipinski definition) is 2. The van der Waals surface area contributed by atoms with Crippen LogP contribution in [0.15, 0.2) is 30.6 Å². The molecule has 0 spiro atoms. The highest BCUT2D eigenvalue weighted by Gasteiger charge is 2.64. The molecule has 40 heavy (non-hydrogen) atoms. The third kappa shape index (κ3) is 5.61. The first-order chi connectivity index (χ1) is 19.0. The number of piperazine rings is 1. The summed E-state index contributed by atoms with van der Waals surface area (Å²) in [4.78, 5) is 29.1. The lowest BCUT2D eigenvalue weighted by molar-refractivity contribution is -0.164. The lowest BCUT2D eigenvalue weighted by Crippen LogP contribution is -2.74. The van der Waals surface area contributed by atoms with Crippen LogP contribution in [0, 0.1) is 22.2 Å². The van der Waals surface area contributed by atoms with Gasteiger partial charge in [-0.25, -0.2) is 9.97 Å². The number of carbonyl (C=O) groups excluding carboxylic acids is 1. The summed E-state index contributed by atoms with van der Waals surface area (Å²) < 4.78 is 6.32. The molecular formula is C29H38ClN7O3. The summed E-state index contributed by atoms with van der Waals surface area (Å²) in [5.41, 5.74) is 0.126. The van der Waals surface area contributed by atoms with Gasteiger partial charge in [-0.05, 0) is 12.1 Å². The lowest BCUT2D eigenvalue weighted by atomic mass is 9.49. The summed E-state index contributed by atoms with van der Waals surface area (Å²) in [5.74, 6) is 1.03. The molecule has 1 saturated carbocycles. The minimum absolute atomic E-state index is 0.140. The van der Waals surface area contributed by atoms with Gasteiger partial charge in [0.2, 0.25) is 5.95 Å². The third-order valence-electron chi connectivity index (χ3n) is 8.66. The largest absolute Gasteiger partial charge is 0.489 e. The molecule has 0 atom stereocenters. The van der Waals surface area contributed by atoms with E-state index in [1.165, 1.54) is 0 Å². The summed E-state index contributed by atoms with van der Waals surface area (Å²) in [6.45, 7) is 15.4. The zero-order valence-electron chi connectivity index (χ0n) is 23.6. The van der Waals surface area contributed by atoms with E-state index >= 15 is 0 Å². The number of rotatable bonds is 8. The Kier molecular flexibility index (Phi) is 7.94. The van der Waals surface area contributed by atoms with Crippen molar-refractivity contribution >= 4 is 23.5 Å². The van der Waals surface area contributed by atoms with Gasteiger partial charge in [-0.15, -0.1) is 0 Å². The molecule has 1 amide bonds. The molecule has 11 heteroatoms. The molecule has 2 N–H and O–H groups in total. The number of hydrogen-bond acceptors (Lipinski definition) is 9. The van der Waals surface area contributed by atoms with Crippen molar-refractivity contribution in [1.29, 1.82) is 5.26 Å². The Morgan fingerprint density at radius 3 is 2.30 bits per heavy atom. The van der Waals surface area contributed by atoms with Crippen molar-refractivity contribution in [2.45, 2.75) is 45.9 Å². The summed E-state index contributed by atoms with van der Waals surface area (Å²) in [6.07, 6.45) is 2.87. The van der Waals surface area contributed by atoms with E-state index in [-0.39, 0.29) is 35.0 Å². The van der Waals surface area contributed by atoms with E-state index in [1.807, 2.05) is 0 Å². The van der Waals surface area contributed by atoms with Crippen molar-refractivity contribution in [1.82, 2.24) is 25.1 Å². The number of carbonyl (C=O) groups is 1. The molecule has 1 aliphatic carbocycles. The van der Waals surface area contributed by atoms with E-state index in [0.717, 1.165) is 52.4 Å². The van der Waals surface area contributed by atoms with Crippen LogP contribution in [0.25, 0.3) is 0 Å². The summed E-state index contributed by atoms with van der Waals surface area (Å²) in [5, 5.41) is 22.1. The van der Waals surface area contributed by atoms with Crippen molar-refractivity contribution in [3.05, 3.63) is 46.7 Å². The van der Waals surface area contributed by atoms with Crippen LogP contribution >= 0.6 is 11.6 Å². The van der Waals surface area contributed by atoms with E-state index in [9.17, 15) is 9.90 Å². The molecule has 5 rings (SSSR count). The van der Waals surface area contributed by atoms with Crippen LogP contribution in [0.5, 0.6) is 5.75 Å². The normalized spacial score (nSPS) is 24.5. The van der Waals surface area contributed by atoms with E-state index in [2.05, 4.69) is 63.7 Å². The minimum atomic E-state index is -0.352. The van der Waals surface area contributed by atoms with E-state index in [0.29, 0.717) is 27.8 Å². The van der Waals surface area contributed by atoms with Crippen molar-refractivity contribution < 1.29 is 14.6 Å². The van der Waals surface area contributed by atoms with Crippen LogP contribution in [-0.2, 0) is 0 Å². The minimum Gasteiger partial charge on any atom is -0.489 e. The number of halogens is 1. The average molecular weight is 568 g/mol. The van der Waals surface area contributed by atoms with E-state index in [1.54, 1.807) is 30.6 Å². The van der Waals surface area contributed by atoms with Gasteiger partial charge in [0.05, 0.1) is 22.3 Å². The first-order valence-corrected chi connectivity index (χ1v) is 14.2. The van der Waals surface area contributed by atoms with Gasteiger partial charge in [0.1, 0.15) is 17.9 Å². The Morgan fingerprint density at radius 1 is 1.10 bits per heavy atom. The van der Waals surface area contributed by atoms with Gasteiger partial charge < -0.3 is 20.1 Å². The van der Waals surface area contributed by atoms with Crippen LogP contribution in [0.2, 0.25) is 5.02 Å². The van der Waals surface area contributed by atoms with Gasteiger partial charge in [-0.2, -0.15) is 5.26 Å². The maximum Gasteiger partial charge on any atom is 0.254 e. The number of benzene rings is 1. The topological polar surface area (TPSA) is 118 Å². The van der Waals surface area contributed by atoms with Gasteiger partial charge in [-0.3, -0.25) is 14.6 Å². The van der Waals surface area contributed by atoms with Crippen LogP contribution in [0.4, 0.5) is 5.95 Å². The van der Waals surface area contributed by atoms with Gasteiger partial charge >= 0.3 is 0 Å². The van der Waals surface area contributed by atoms with Crippen LogP contribution in [-0.4, -0.2) is 101 Å². The number of aromatic nitrogens is 2. The Labute approximate surface area is 240 Å². The van der Waals surface area contributed by atoms with Crippen LogP contribution < -0.4 is 15.0 Å². The molecular weight excluding hydrogens is 530 g/mol. The van der Waals surface area contributed by atoms with Crippen molar-refractivity contribution in [3.63, 3.8) is 0 Å². The fourth-order valence-corrected chi connectivity index (χ4v) is 6.80. The molecule has 0 radical (unpaired) electrons. The highest BCUT2D eigenvalue weighted by Crippen LogP contribution is 2.55. The zero-order valence-corrected chi connectivity index (χ0v) is 24.4. The Morgan fingerprint density at radius 2 is 1.73 bits per heavy atom. The number of aliphatic hydroxyl groups is 1. The number of likely N-dealkylation sites (tertiary alicyclic amines) is 1. The van der Waals surface area contributed by atoms with Gasteiger partial charge in [0.15, 0.2) is 0 Å². The number of ether oxygens (including phenoxy) is 1. The fraction of sp³-hybridized carbons (Fsp3) is 0.586. The summed E-state index contributed by atoms with van der Waals surface area (Å²) in [7, 11) is 0. The average Bonchev–Trinajstić information content (AvgIpc) is 2.92. The SMILES string of the molecule is CC1(C)C(NC(=O)c2cnc(N3CCN(CCN4CC(O)C4)CC3)nc2)C(C)(C)C1Oc1ccc(C#N)c(Cl)c1. The lowest BCUT2D eigenvalue weighted by Gasteiger charge is -2.63. The molecule has 0 bridgehead atoms. The number of nitrogens with zero attached hydrogens (tertiary/aromatic N) is 6. The van der Waals surface area contributed by atoms with Gasteiger partial charge in [0, 0.05) is 87.7 Å². The molecule has 2 aromatic rings. The number of nitrogens with one attached hydrogen (secondary N) is 1. The number of aliphatic hydroxyl groups excluding tert-OH is 1. The van der Waals surface area contributed by atoms with E-state index in [4.69, 9.17) is 21.6 Å². The molecule has 1 aromatic heterocycles. The predicted octanol–water partition coefficient (Wildman–Crippen LogP) is 2.41. The zero-order chi connectivity index (χ0) is 28.7. The maximum atomic E-state index is 13.2. The molecule has 2 saturated heterocycles. The monoisotopic (exact) mass is 567 g/mol. The maximum absolute atomic E-state index is 13.2. The van der Waals surface area contributed by atoms with Crippen LogP contribution in [0.3, 0.4) is 0 Å². The van der Waals surface area contributed by atoms with Crippen LogP contribution in [0.1, 0.15) is 43.6 Å². The Hall–Kier alpha value is -2.97. The molecule has 3 fully saturated rings. The second-order valence-electron chi connectivity index (χ2n) is 12.3. The number of amides is 1. The molecule has 214 valence electrons. The molecule has 3 heterocycles. The second-order valence-corrected chi connectivity index (χ2v) is 12.7. The van der Waals surface area contributed by atoms with Crippen molar-refractivity contribution in [2.75, 3.05) is 57.3 Å². The first-order valence-electron chi connectivity index (χ1n) is 13.9. The van der Waals surface area contributed by atoms with Crippen molar-refractivity contribution in [2.24, 2.45) is 10.8 Å². The fourth-order valence-electron chi connectivity index (χ4n) is 6.59. The first kappa shape index (κ1) is 28.6. The van der Waals surface area contributed by atoms with Gasteiger partial charge in [-0.1, -0.05) is 39.3 Å². The second kappa shape index (κ2) is 11.1. The Bertz CT molecular complexity index is 1250. The van der Waals surface area contributed by atoms with Crippen molar-refractivity contribution in [3.8, 4) is 11.8 Å². The highest BCUT2D eigenvalue weighted by atomic mass is 35.5.